The standard InChI is InChI=1S/C16H27IO/c1-2-3-4-5-6-7-8-9-10-11-12-15-13-14-18-16(15)17/h13-14H,2-12H2,1H3. The van der Waals surface area contributed by atoms with Crippen molar-refractivity contribution in [3.05, 3.63) is 21.7 Å². The summed E-state index contributed by atoms with van der Waals surface area (Å²) < 4.78 is 6.37. The molecule has 0 atom stereocenters. The summed E-state index contributed by atoms with van der Waals surface area (Å²) in [5.74, 6) is 0. The number of hydrogen-bond acceptors (Lipinski definition) is 1. The number of hydrogen-bond donors (Lipinski definition) is 0. The van der Waals surface area contributed by atoms with Gasteiger partial charge in [-0.2, -0.15) is 0 Å². The Morgan fingerprint density at radius 3 is 1.94 bits per heavy atom. The van der Waals surface area contributed by atoms with Crippen molar-refractivity contribution in [1.29, 1.82) is 0 Å². The van der Waals surface area contributed by atoms with Crippen LogP contribution in [0.1, 0.15) is 76.7 Å². The first-order valence-corrected chi connectivity index (χ1v) is 8.64. The van der Waals surface area contributed by atoms with Crippen molar-refractivity contribution in [3.63, 3.8) is 0 Å². The summed E-state index contributed by atoms with van der Waals surface area (Å²) in [6.45, 7) is 2.28. The van der Waals surface area contributed by atoms with Crippen molar-refractivity contribution in [2.24, 2.45) is 0 Å². The lowest BCUT2D eigenvalue weighted by Gasteiger charge is -2.02. The van der Waals surface area contributed by atoms with Crippen LogP contribution in [0.5, 0.6) is 0 Å². The molecule has 1 heterocycles. The molecule has 0 unspecified atom stereocenters. The van der Waals surface area contributed by atoms with Gasteiger partial charge in [-0.1, -0.05) is 64.7 Å². The summed E-state index contributed by atoms with van der Waals surface area (Å²) in [6, 6.07) is 2.11. The van der Waals surface area contributed by atoms with Crippen molar-refractivity contribution in [2.45, 2.75) is 77.6 Å². The van der Waals surface area contributed by atoms with Crippen LogP contribution in [0.3, 0.4) is 0 Å². The summed E-state index contributed by atoms with van der Waals surface area (Å²) in [6.07, 6.45) is 17.0. The highest BCUT2D eigenvalue weighted by molar-refractivity contribution is 14.1. The maximum atomic E-state index is 5.29. The largest absolute Gasteiger partial charge is 0.458 e. The predicted octanol–water partition coefficient (Wildman–Crippen LogP) is 6.35. The Morgan fingerprint density at radius 1 is 0.889 bits per heavy atom. The maximum Gasteiger partial charge on any atom is 0.166 e. The zero-order chi connectivity index (χ0) is 13.1. The van der Waals surface area contributed by atoms with Gasteiger partial charge in [0.25, 0.3) is 0 Å². The van der Waals surface area contributed by atoms with Crippen molar-refractivity contribution >= 4 is 22.6 Å². The first-order chi connectivity index (χ1) is 8.84. The van der Waals surface area contributed by atoms with Crippen molar-refractivity contribution in [1.82, 2.24) is 0 Å². The molecule has 0 saturated heterocycles. The summed E-state index contributed by atoms with van der Waals surface area (Å²) in [4.78, 5) is 0. The second-order valence-corrected chi connectivity index (χ2v) is 6.13. The molecular formula is C16H27IO. The molecule has 0 bridgehead atoms. The lowest BCUT2D eigenvalue weighted by atomic mass is 10.0. The maximum absolute atomic E-state index is 5.29. The molecule has 0 saturated carbocycles. The molecule has 1 aromatic rings. The molecule has 1 nitrogen and oxygen atoms in total. The van der Waals surface area contributed by atoms with E-state index in [1.54, 1.807) is 6.26 Å². The fourth-order valence-corrected chi connectivity index (χ4v) is 2.90. The van der Waals surface area contributed by atoms with Crippen molar-refractivity contribution in [3.8, 4) is 0 Å². The Morgan fingerprint density at radius 2 is 1.44 bits per heavy atom. The lowest BCUT2D eigenvalue weighted by molar-refractivity contribution is 0.529. The number of unbranched alkanes of at least 4 members (excludes halogenated alkanes) is 9. The molecule has 0 radical (unpaired) electrons. The van der Waals surface area contributed by atoms with E-state index in [2.05, 4.69) is 35.6 Å². The highest BCUT2D eigenvalue weighted by Gasteiger charge is 2.01. The molecule has 104 valence electrons. The summed E-state index contributed by atoms with van der Waals surface area (Å²) in [7, 11) is 0. The molecule has 0 spiro atoms. The molecule has 0 aliphatic rings. The Bertz CT molecular complexity index is 293. The van der Waals surface area contributed by atoms with Gasteiger partial charge in [0.15, 0.2) is 3.77 Å². The number of furan rings is 1. The quantitative estimate of drug-likeness (QED) is 0.330. The fourth-order valence-electron chi connectivity index (χ4n) is 2.30. The number of aryl methyl sites for hydroxylation is 1. The summed E-state index contributed by atoms with van der Waals surface area (Å²) in [5.41, 5.74) is 1.38. The lowest BCUT2D eigenvalue weighted by Crippen LogP contribution is -1.86. The predicted molar refractivity (Wildman–Crippen MR) is 87.0 cm³/mol. The third-order valence-corrected chi connectivity index (χ3v) is 4.44. The molecule has 1 rings (SSSR count). The van der Waals surface area contributed by atoms with E-state index in [1.165, 1.54) is 76.2 Å². The topological polar surface area (TPSA) is 13.1 Å². The average molecular weight is 362 g/mol. The second-order valence-electron chi connectivity index (χ2n) is 5.15. The number of halogens is 1. The van der Waals surface area contributed by atoms with E-state index in [0.29, 0.717) is 0 Å². The van der Waals surface area contributed by atoms with Crippen LogP contribution >= 0.6 is 22.6 Å². The Labute approximate surface area is 126 Å². The van der Waals surface area contributed by atoms with Gasteiger partial charge in [-0.25, -0.2) is 0 Å². The van der Waals surface area contributed by atoms with Crippen molar-refractivity contribution < 1.29 is 4.42 Å². The average Bonchev–Trinajstić information content (AvgIpc) is 2.77. The minimum atomic E-state index is 1.07. The first kappa shape index (κ1) is 16.1. The minimum absolute atomic E-state index is 1.07. The highest BCUT2D eigenvalue weighted by Crippen LogP contribution is 2.17. The van der Waals surface area contributed by atoms with E-state index in [0.717, 1.165) is 3.77 Å². The molecule has 18 heavy (non-hydrogen) atoms. The molecule has 0 aromatic carbocycles. The van der Waals surface area contributed by atoms with Crippen LogP contribution in [0.25, 0.3) is 0 Å². The van der Waals surface area contributed by atoms with E-state index >= 15 is 0 Å². The Balaban J connectivity index is 1.83. The van der Waals surface area contributed by atoms with Crippen LogP contribution in [0.4, 0.5) is 0 Å². The van der Waals surface area contributed by atoms with Crippen LogP contribution in [-0.4, -0.2) is 0 Å². The van der Waals surface area contributed by atoms with Gasteiger partial charge in [-0.05, 0) is 41.5 Å². The van der Waals surface area contributed by atoms with Crippen LogP contribution in [0.2, 0.25) is 0 Å². The van der Waals surface area contributed by atoms with Gasteiger partial charge >= 0.3 is 0 Å². The monoisotopic (exact) mass is 362 g/mol. The van der Waals surface area contributed by atoms with E-state index in [-0.39, 0.29) is 0 Å². The number of rotatable bonds is 11. The molecule has 0 aliphatic heterocycles. The second kappa shape index (κ2) is 10.9. The molecule has 0 N–H and O–H groups in total. The van der Waals surface area contributed by atoms with Gasteiger partial charge in [0.1, 0.15) is 0 Å². The molecular weight excluding hydrogens is 335 g/mol. The van der Waals surface area contributed by atoms with Gasteiger partial charge < -0.3 is 4.42 Å². The zero-order valence-electron chi connectivity index (χ0n) is 11.7. The highest BCUT2D eigenvalue weighted by atomic mass is 127. The molecule has 0 amide bonds. The third-order valence-electron chi connectivity index (χ3n) is 3.49. The minimum Gasteiger partial charge on any atom is -0.458 e. The van der Waals surface area contributed by atoms with E-state index in [9.17, 15) is 0 Å². The van der Waals surface area contributed by atoms with E-state index in [1.807, 2.05) is 0 Å². The van der Waals surface area contributed by atoms with E-state index < -0.39 is 0 Å². The Kier molecular flexibility index (Phi) is 9.72. The molecule has 1 aromatic heterocycles. The summed E-state index contributed by atoms with van der Waals surface area (Å²) >= 11 is 2.28. The van der Waals surface area contributed by atoms with E-state index in [4.69, 9.17) is 4.42 Å². The third kappa shape index (κ3) is 7.45. The smallest absolute Gasteiger partial charge is 0.166 e. The SMILES string of the molecule is CCCCCCCCCCCCc1ccoc1I. The van der Waals surface area contributed by atoms with Gasteiger partial charge in [0.2, 0.25) is 0 Å². The van der Waals surface area contributed by atoms with Gasteiger partial charge in [0.05, 0.1) is 6.26 Å². The molecule has 0 fully saturated rings. The van der Waals surface area contributed by atoms with Gasteiger partial charge in [0, 0.05) is 5.56 Å². The molecule has 0 aliphatic carbocycles. The van der Waals surface area contributed by atoms with Crippen LogP contribution < -0.4 is 0 Å². The summed E-state index contributed by atoms with van der Waals surface area (Å²) in [5, 5.41) is 0. The first-order valence-electron chi connectivity index (χ1n) is 7.56. The van der Waals surface area contributed by atoms with Crippen LogP contribution in [-0.2, 0) is 6.42 Å². The normalized spacial score (nSPS) is 11.0. The molecule has 2 heteroatoms. The van der Waals surface area contributed by atoms with Crippen molar-refractivity contribution in [2.75, 3.05) is 0 Å². The van der Waals surface area contributed by atoms with Gasteiger partial charge in [-0.3, -0.25) is 0 Å². The zero-order valence-corrected chi connectivity index (χ0v) is 13.9. The fraction of sp³-hybridized carbons (Fsp3) is 0.750. The Hall–Kier alpha value is 0.01000. The van der Waals surface area contributed by atoms with Crippen LogP contribution in [0.15, 0.2) is 16.7 Å². The van der Waals surface area contributed by atoms with Gasteiger partial charge in [-0.15, -0.1) is 0 Å². The van der Waals surface area contributed by atoms with Crippen LogP contribution in [0, 0.1) is 3.77 Å².